The van der Waals surface area contributed by atoms with Crippen molar-refractivity contribution in [2.75, 3.05) is 50.8 Å². The van der Waals surface area contributed by atoms with Gasteiger partial charge in [0.15, 0.2) is 0 Å². The number of aromatic nitrogens is 1. The molecule has 2 rings (SSSR count). The molecule has 0 N–H and O–H groups in total. The zero-order chi connectivity index (χ0) is 29.7. The van der Waals surface area contributed by atoms with E-state index >= 15 is 0 Å². The summed E-state index contributed by atoms with van der Waals surface area (Å²) in [6.07, 6.45) is 18.5. The summed E-state index contributed by atoms with van der Waals surface area (Å²) in [4.78, 5) is 36.1. The Morgan fingerprint density at radius 1 is 0.878 bits per heavy atom. The Labute approximate surface area is 247 Å². The summed E-state index contributed by atoms with van der Waals surface area (Å²) in [5.74, 6) is 1.04. The van der Waals surface area contributed by atoms with E-state index in [2.05, 4.69) is 33.5 Å². The number of amides is 1. The van der Waals surface area contributed by atoms with Gasteiger partial charge in [-0.15, -0.1) is 10.1 Å². The monoisotopic (exact) mass is 576 g/mol. The second-order valence-corrected chi connectivity index (χ2v) is 11.9. The highest BCUT2D eigenvalue weighted by Gasteiger charge is 2.19. The molecule has 10 heteroatoms. The van der Waals surface area contributed by atoms with Crippen LogP contribution in [-0.4, -0.2) is 71.8 Å². The van der Waals surface area contributed by atoms with Crippen LogP contribution in [-0.2, 0) is 4.84 Å². The molecule has 2 heterocycles. The molecular formula is C31H54N5O5-. The van der Waals surface area contributed by atoms with Crippen molar-refractivity contribution in [3.63, 3.8) is 0 Å². The molecule has 0 bridgehead atoms. The van der Waals surface area contributed by atoms with Gasteiger partial charge in [0, 0.05) is 45.5 Å². The van der Waals surface area contributed by atoms with E-state index in [4.69, 9.17) is 0 Å². The van der Waals surface area contributed by atoms with E-state index < -0.39 is 11.0 Å². The van der Waals surface area contributed by atoms with Crippen molar-refractivity contribution < 1.29 is 14.7 Å². The molecule has 10 nitrogen and oxygen atoms in total. The zero-order valence-corrected chi connectivity index (χ0v) is 25.6. The predicted molar refractivity (Wildman–Crippen MR) is 164 cm³/mol. The number of anilines is 1. The molecule has 0 spiro atoms. The van der Waals surface area contributed by atoms with Crippen LogP contribution in [0.25, 0.3) is 0 Å². The SMILES string of the molecule is CC(C)CN1CCN(c2ccc(C(=O)N([O-])CCCCCCCCCCCCCCCCCO[N+](=O)[O-])cn2)CC1. The van der Waals surface area contributed by atoms with Crippen LogP contribution in [0.5, 0.6) is 0 Å². The summed E-state index contributed by atoms with van der Waals surface area (Å²) in [7, 11) is 0. The minimum Gasteiger partial charge on any atom is -0.756 e. The minimum absolute atomic E-state index is 0.216. The third kappa shape index (κ3) is 15.9. The fraction of sp³-hybridized carbons (Fsp3) is 0.806. The summed E-state index contributed by atoms with van der Waals surface area (Å²) in [5, 5.41) is 22.3. The molecule has 234 valence electrons. The predicted octanol–water partition coefficient (Wildman–Crippen LogP) is 6.86. The highest BCUT2D eigenvalue weighted by Crippen LogP contribution is 2.17. The first-order chi connectivity index (χ1) is 19.9. The fourth-order valence-electron chi connectivity index (χ4n) is 5.42. The van der Waals surface area contributed by atoms with Crippen LogP contribution in [0.1, 0.15) is 121 Å². The van der Waals surface area contributed by atoms with Gasteiger partial charge in [-0.25, -0.2) is 4.98 Å². The lowest BCUT2D eigenvalue weighted by Crippen LogP contribution is -2.47. The molecule has 0 radical (unpaired) electrons. The topological polar surface area (TPSA) is 115 Å². The highest BCUT2D eigenvalue weighted by molar-refractivity contribution is 5.94. The molecule has 1 aliphatic heterocycles. The van der Waals surface area contributed by atoms with Gasteiger partial charge in [0.1, 0.15) is 5.82 Å². The Hall–Kier alpha value is -2.46. The molecular weight excluding hydrogens is 522 g/mol. The Morgan fingerprint density at radius 3 is 1.85 bits per heavy atom. The maximum Gasteiger partial charge on any atom is 0.294 e. The van der Waals surface area contributed by atoms with E-state index in [1.807, 2.05) is 6.07 Å². The summed E-state index contributed by atoms with van der Waals surface area (Å²) >= 11 is 0. The smallest absolute Gasteiger partial charge is 0.294 e. The molecule has 1 amide bonds. The summed E-state index contributed by atoms with van der Waals surface area (Å²) in [6.45, 7) is 9.96. The first-order valence-corrected chi connectivity index (χ1v) is 16.1. The van der Waals surface area contributed by atoms with Crippen LogP contribution < -0.4 is 4.90 Å². The number of unbranched alkanes of at least 4 members (excludes halogenated alkanes) is 14. The van der Waals surface area contributed by atoms with Crippen molar-refractivity contribution in [3.8, 4) is 0 Å². The third-order valence-electron chi connectivity index (χ3n) is 7.74. The van der Waals surface area contributed by atoms with Crippen molar-refractivity contribution in [3.05, 3.63) is 39.2 Å². The van der Waals surface area contributed by atoms with Gasteiger partial charge in [-0.2, -0.15) is 0 Å². The van der Waals surface area contributed by atoms with Crippen molar-refractivity contribution in [1.29, 1.82) is 0 Å². The largest absolute Gasteiger partial charge is 0.756 e. The van der Waals surface area contributed by atoms with Crippen molar-refractivity contribution in [1.82, 2.24) is 14.9 Å². The van der Waals surface area contributed by atoms with Gasteiger partial charge in [-0.3, -0.25) is 9.69 Å². The number of pyridine rings is 1. The Bertz CT molecular complexity index is 831. The van der Waals surface area contributed by atoms with Gasteiger partial charge in [0.05, 0.1) is 12.2 Å². The van der Waals surface area contributed by atoms with Crippen LogP contribution >= 0.6 is 0 Å². The number of carbonyl (C=O) groups is 1. The van der Waals surface area contributed by atoms with Crippen LogP contribution in [0.3, 0.4) is 0 Å². The molecule has 0 aromatic carbocycles. The van der Waals surface area contributed by atoms with Crippen LogP contribution in [0.2, 0.25) is 0 Å². The number of piperazine rings is 1. The zero-order valence-electron chi connectivity index (χ0n) is 25.6. The standard InChI is InChI=1S/C31H54N5O5/c1-28(2)27-33-21-23-34(24-22-33)30-19-18-29(26-32-30)31(37)35(38)20-16-14-12-10-8-6-4-3-5-7-9-11-13-15-17-25-41-36(39)40/h18-19,26,28H,3-17,20-25,27H2,1-2H3/q-1. The van der Waals surface area contributed by atoms with E-state index in [9.17, 15) is 20.1 Å². The van der Waals surface area contributed by atoms with Crippen LogP contribution in [0.15, 0.2) is 18.3 Å². The fourth-order valence-corrected chi connectivity index (χ4v) is 5.42. The summed E-state index contributed by atoms with van der Waals surface area (Å²) < 4.78 is 0. The Kier molecular flexibility index (Phi) is 18.0. The van der Waals surface area contributed by atoms with E-state index in [0.29, 0.717) is 16.5 Å². The Balaban J connectivity index is 1.42. The average molecular weight is 577 g/mol. The average Bonchev–Trinajstić information content (AvgIpc) is 2.96. The number of hydroxylamine groups is 2. The van der Waals surface area contributed by atoms with Crippen molar-refractivity contribution in [2.45, 2.75) is 110 Å². The lowest BCUT2D eigenvalue weighted by molar-refractivity contribution is -0.757. The van der Waals surface area contributed by atoms with E-state index in [1.165, 1.54) is 57.8 Å². The van der Waals surface area contributed by atoms with Crippen molar-refractivity contribution in [2.24, 2.45) is 5.92 Å². The quantitative estimate of drug-likeness (QED) is 0.0788. The molecule has 0 aliphatic carbocycles. The molecule has 1 fully saturated rings. The molecule has 41 heavy (non-hydrogen) atoms. The Morgan fingerprint density at radius 2 is 1.39 bits per heavy atom. The van der Waals surface area contributed by atoms with Gasteiger partial charge in [0.25, 0.3) is 5.09 Å². The molecule has 1 saturated heterocycles. The lowest BCUT2D eigenvalue weighted by Gasteiger charge is -2.36. The van der Waals surface area contributed by atoms with Gasteiger partial charge < -0.3 is 20.0 Å². The first-order valence-electron chi connectivity index (χ1n) is 16.1. The van der Waals surface area contributed by atoms with Gasteiger partial charge in [-0.1, -0.05) is 97.3 Å². The molecule has 0 unspecified atom stereocenters. The number of hydrogen-bond acceptors (Lipinski definition) is 8. The molecule has 0 saturated carbocycles. The minimum atomic E-state index is -0.721. The molecule has 1 aromatic heterocycles. The molecule has 0 atom stereocenters. The number of rotatable bonds is 23. The maximum atomic E-state index is 12.5. The van der Waals surface area contributed by atoms with Gasteiger partial charge >= 0.3 is 0 Å². The summed E-state index contributed by atoms with van der Waals surface area (Å²) in [5.41, 5.74) is 0.363. The number of hydrogen-bond donors (Lipinski definition) is 0. The lowest BCUT2D eigenvalue weighted by atomic mass is 10.0. The van der Waals surface area contributed by atoms with Crippen LogP contribution in [0.4, 0.5) is 5.82 Å². The normalized spacial score (nSPS) is 14.0. The van der Waals surface area contributed by atoms with E-state index in [1.54, 1.807) is 12.3 Å². The second-order valence-electron chi connectivity index (χ2n) is 11.9. The second kappa shape index (κ2) is 21.3. The number of nitrogens with zero attached hydrogens (tertiary/aromatic N) is 5. The third-order valence-corrected chi connectivity index (χ3v) is 7.74. The number of carbonyl (C=O) groups excluding carboxylic acids is 1. The molecule has 1 aromatic rings. The van der Waals surface area contributed by atoms with Crippen molar-refractivity contribution >= 4 is 11.7 Å². The molecule has 1 aliphatic rings. The van der Waals surface area contributed by atoms with Gasteiger partial charge in [0.2, 0.25) is 5.91 Å². The van der Waals surface area contributed by atoms with Crippen LogP contribution in [0, 0.1) is 21.2 Å². The summed E-state index contributed by atoms with van der Waals surface area (Å²) in [6, 6.07) is 3.60. The maximum absolute atomic E-state index is 12.5. The van der Waals surface area contributed by atoms with E-state index in [0.717, 1.165) is 77.1 Å². The highest BCUT2D eigenvalue weighted by atomic mass is 16.9. The first kappa shape index (κ1) is 34.7. The van der Waals surface area contributed by atoms with Gasteiger partial charge in [-0.05, 0) is 30.9 Å². The van der Waals surface area contributed by atoms with E-state index in [-0.39, 0.29) is 13.2 Å².